The second kappa shape index (κ2) is 9.40. The third-order valence-corrected chi connectivity index (χ3v) is 6.42. The minimum atomic E-state index is -1.34. The summed E-state index contributed by atoms with van der Waals surface area (Å²) in [6.45, 7) is 6.46. The number of pyridine rings is 2. The first kappa shape index (κ1) is 23.7. The van der Waals surface area contributed by atoms with Gasteiger partial charge in [0.25, 0.3) is 0 Å². The van der Waals surface area contributed by atoms with Gasteiger partial charge in [-0.1, -0.05) is 0 Å². The molecule has 1 fully saturated rings. The van der Waals surface area contributed by atoms with Crippen molar-refractivity contribution in [2.45, 2.75) is 33.5 Å². The molecular formula is C24H27FN4O5. The van der Waals surface area contributed by atoms with E-state index >= 15 is 4.39 Å². The van der Waals surface area contributed by atoms with E-state index in [1.807, 2.05) is 11.8 Å². The molecule has 0 radical (unpaired) electrons. The van der Waals surface area contributed by atoms with Crippen LogP contribution in [0.2, 0.25) is 0 Å². The number of hydrogen-bond donors (Lipinski definition) is 3. The first-order chi connectivity index (χ1) is 16.2. The Kier molecular flexibility index (Phi) is 6.54. The largest absolute Gasteiger partial charge is 0.506 e. The number of nitrogens with zero attached hydrogens (tertiary/aromatic N) is 4. The summed E-state index contributed by atoms with van der Waals surface area (Å²) < 4.78 is 16.7. The van der Waals surface area contributed by atoms with Crippen molar-refractivity contribution < 1.29 is 24.5 Å². The number of benzene rings is 1. The van der Waals surface area contributed by atoms with Crippen LogP contribution in [-0.4, -0.2) is 61.9 Å². The molecule has 1 aliphatic rings. The third kappa shape index (κ3) is 4.22. The van der Waals surface area contributed by atoms with Crippen LogP contribution < -0.4 is 10.3 Å². The molecule has 0 amide bonds. The number of aromatic hydroxyl groups is 1. The van der Waals surface area contributed by atoms with Gasteiger partial charge < -0.3 is 24.8 Å². The van der Waals surface area contributed by atoms with Gasteiger partial charge in [-0.2, -0.15) is 0 Å². The van der Waals surface area contributed by atoms with E-state index in [0.717, 1.165) is 11.6 Å². The SMILES string of the molecule is CCn1cc(C(=O)O)c(=O)c2cc(F)c(N3CCN(Cc4cnc(C)c(O)c4CO)CC3)cc21. The number of aromatic carboxylic acids is 1. The monoisotopic (exact) mass is 470 g/mol. The predicted molar refractivity (Wildman–Crippen MR) is 125 cm³/mol. The summed E-state index contributed by atoms with van der Waals surface area (Å²) >= 11 is 0. The molecular weight excluding hydrogens is 443 g/mol. The number of aliphatic hydroxyl groups excluding tert-OH is 1. The summed E-state index contributed by atoms with van der Waals surface area (Å²) in [6.07, 6.45) is 2.96. The van der Waals surface area contributed by atoms with Crippen molar-refractivity contribution in [3.05, 3.63) is 63.0 Å². The van der Waals surface area contributed by atoms with Gasteiger partial charge in [-0.3, -0.25) is 14.7 Å². The minimum absolute atomic E-state index is 0.00453. The predicted octanol–water partition coefficient (Wildman–Crippen LogP) is 2.08. The van der Waals surface area contributed by atoms with Gasteiger partial charge >= 0.3 is 5.97 Å². The van der Waals surface area contributed by atoms with Gasteiger partial charge in [0.05, 0.1) is 23.5 Å². The van der Waals surface area contributed by atoms with Crippen molar-refractivity contribution in [3.63, 3.8) is 0 Å². The van der Waals surface area contributed by atoms with Crippen molar-refractivity contribution in [1.82, 2.24) is 14.5 Å². The summed E-state index contributed by atoms with van der Waals surface area (Å²) in [7, 11) is 0. The highest BCUT2D eigenvalue weighted by atomic mass is 19.1. The molecule has 1 aliphatic heterocycles. The average molecular weight is 471 g/mol. The van der Waals surface area contributed by atoms with E-state index in [9.17, 15) is 24.9 Å². The Balaban J connectivity index is 1.57. The zero-order valence-electron chi connectivity index (χ0n) is 19.1. The summed E-state index contributed by atoms with van der Waals surface area (Å²) in [5.41, 5.74) is 1.45. The van der Waals surface area contributed by atoms with Crippen molar-refractivity contribution in [2.75, 3.05) is 31.1 Å². The summed E-state index contributed by atoms with van der Waals surface area (Å²) in [5, 5.41) is 29.2. The zero-order valence-corrected chi connectivity index (χ0v) is 19.1. The van der Waals surface area contributed by atoms with Crippen molar-refractivity contribution in [3.8, 4) is 5.75 Å². The summed E-state index contributed by atoms with van der Waals surface area (Å²) in [4.78, 5) is 32.2. The van der Waals surface area contributed by atoms with Crippen LogP contribution >= 0.6 is 0 Å². The quantitative estimate of drug-likeness (QED) is 0.501. The molecule has 2 aromatic heterocycles. The van der Waals surface area contributed by atoms with Crippen LogP contribution in [0.25, 0.3) is 10.9 Å². The fourth-order valence-corrected chi connectivity index (χ4v) is 4.44. The number of aliphatic hydroxyl groups is 1. The molecule has 0 atom stereocenters. The minimum Gasteiger partial charge on any atom is -0.506 e. The van der Waals surface area contributed by atoms with Crippen molar-refractivity contribution in [1.29, 1.82) is 0 Å². The molecule has 0 bridgehead atoms. The van der Waals surface area contributed by atoms with E-state index in [2.05, 4.69) is 9.88 Å². The summed E-state index contributed by atoms with van der Waals surface area (Å²) in [5.74, 6) is -1.90. The van der Waals surface area contributed by atoms with Gasteiger partial charge in [-0.05, 0) is 31.5 Å². The number of carbonyl (C=O) groups is 1. The van der Waals surface area contributed by atoms with Gasteiger partial charge in [-0.25, -0.2) is 9.18 Å². The smallest absolute Gasteiger partial charge is 0.341 e. The average Bonchev–Trinajstić information content (AvgIpc) is 2.82. The number of carboxylic acid groups (broad SMARTS) is 1. The Bertz CT molecular complexity index is 1320. The fraction of sp³-hybridized carbons (Fsp3) is 0.375. The van der Waals surface area contributed by atoms with E-state index in [1.165, 1.54) is 6.20 Å². The number of piperazine rings is 1. The van der Waals surface area contributed by atoms with Crippen LogP contribution in [-0.2, 0) is 19.7 Å². The lowest BCUT2D eigenvalue weighted by Crippen LogP contribution is -2.46. The Labute approximate surface area is 195 Å². The molecule has 1 saturated heterocycles. The molecule has 34 heavy (non-hydrogen) atoms. The number of rotatable bonds is 6. The zero-order chi connectivity index (χ0) is 24.6. The number of hydrogen-bond acceptors (Lipinski definition) is 7. The number of aromatic nitrogens is 2. The van der Waals surface area contributed by atoms with Crippen LogP contribution in [0, 0.1) is 12.7 Å². The third-order valence-electron chi connectivity index (χ3n) is 6.42. The van der Waals surface area contributed by atoms with Gasteiger partial charge in [0.15, 0.2) is 0 Å². The second-order valence-electron chi connectivity index (χ2n) is 8.40. The first-order valence-electron chi connectivity index (χ1n) is 11.1. The Morgan fingerprint density at radius 2 is 1.91 bits per heavy atom. The highest BCUT2D eigenvalue weighted by Gasteiger charge is 2.23. The van der Waals surface area contributed by atoms with Crippen molar-refractivity contribution in [2.24, 2.45) is 0 Å². The van der Waals surface area contributed by atoms with E-state index in [-0.39, 0.29) is 23.3 Å². The molecule has 180 valence electrons. The van der Waals surface area contributed by atoms with Gasteiger partial charge in [-0.15, -0.1) is 0 Å². The van der Waals surface area contributed by atoms with Crippen LogP contribution in [0.3, 0.4) is 0 Å². The highest BCUT2D eigenvalue weighted by molar-refractivity contribution is 5.93. The van der Waals surface area contributed by atoms with Gasteiger partial charge in [0, 0.05) is 62.6 Å². The molecule has 0 unspecified atom stereocenters. The highest BCUT2D eigenvalue weighted by Crippen LogP contribution is 2.28. The molecule has 0 spiro atoms. The number of fused-ring (bicyclic) bond motifs is 1. The van der Waals surface area contributed by atoms with Crippen LogP contribution in [0.4, 0.5) is 10.1 Å². The Morgan fingerprint density at radius 3 is 2.53 bits per heavy atom. The number of aryl methyl sites for hydroxylation is 2. The van der Waals surface area contributed by atoms with E-state index in [4.69, 9.17) is 0 Å². The maximum atomic E-state index is 15.1. The lowest BCUT2D eigenvalue weighted by Gasteiger charge is -2.36. The standard InChI is InChI=1S/C24H27FN4O5/c1-3-28-12-17(24(33)34)23(32)16-8-19(25)21(9-20(16)28)29-6-4-27(5-7-29)11-15-10-26-14(2)22(31)18(15)13-30/h8-10,12,30-31H,3-7,11,13H2,1-2H3,(H,33,34). The van der Waals surface area contributed by atoms with Crippen LogP contribution in [0.1, 0.15) is 34.1 Å². The van der Waals surface area contributed by atoms with E-state index in [1.54, 1.807) is 23.8 Å². The topological polar surface area (TPSA) is 119 Å². The lowest BCUT2D eigenvalue weighted by molar-refractivity contribution is 0.0695. The number of carboxylic acids is 1. The van der Waals surface area contributed by atoms with Gasteiger partial charge in [0.1, 0.15) is 17.1 Å². The molecule has 3 heterocycles. The molecule has 0 saturated carbocycles. The maximum Gasteiger partial charge on any atom is 0.341 e. The molecule has 0 aliphatic carbocycles. The first-order valence-corrected chi connectivity index (χ1v) is 11.1. The van der Waals surface area contributed by atoms with Crippen LogP contribution in [0.5, 0.6) is 5.75 Å². The normalized spacial score (nSPS) is 14.6. The number of anilines is 1. The van der Waals surface area contributed by atoms with E-state index < -0.39 is 17.2 Å². The second-order valence-corrected chi connectivity index (χ2v) is 8.40. The van der Waals surface area contributed by atoms with Gasteiger partial charge in [0.2, 0.25) is 5.43 Å². The van der Waals surface area contributed by atoms with Crippen LogP contribution in [0.15, 0.2) is 29.3 Å². The molecule has 3 aromatic rings. The fourth-order valence-electron chi connectivity index (χ4n) is 4.44. The maximum absolute atomic E-state index is 15.1. The molecule has 10 heteroatoms. The Hall–Kier alpha value is -3.50. The Morgan fingerprint density at radius 1 is 1.21 bits per heavy atom. The molecule has 1 aromatic carbocycles. The lowest BCUT2D eigenvalue weighted by atomic mass is 10.1. The molecule has 3 N–H and O–H groups in total. The van der Waals surface area contributed by atoms with E-state index in [0.29, 0.717) is 61.7 Å². The molecule has 9 nitrogen and oxygen atoms in total. The van der Waals surface area contributed by atoms with Crippen molar-refractivity contribution >= 4 is 22.6 Å². The number of halogens is 1. The molecule has 4 rings (SSSR count). The summed E-state index contributed by atoms with van der Waals surface area (Å²) in [6, 6.07) is 2.74.